The van der Waals surface area contributed by atoms with E-state index in [4.69, 9.17) is 0 Å². The van der Waals surface area contributed by atoms with Crippen LogP contribution in [0.4, 0.5) is 0 Å². The van der Waals surface area contributed by atoms with Gasteiger partial charge in [0.15, 0.2) is 0 Å². The highest BCUT2D eigenvalue weighted by Gasteiger charge is 2.20. The zero-order valence-electron chi connectivity index (χ0n) is 12.3. The second-order valence-electron chi connectivity index (χ2n) is 5.48. The Kier molecular flexibility index (Phi) is 5.99. The van der Waals surface area contributed by atoms with Crippen molar-refractivity contribution in [2.75, 3.05) is 19.6 Å². The summed E-state index contributed by atoms with van der Waals surface area (Å²) < 4.78 is 0. The average Bonchev–Trinajstić information content (AvgIpc) is 2.49. The summed E-state index contributed by atoms with van der Waals surface area (Å²) in [5.74, 6) is 0.193. The van der Waals surface area contributed by atoms with E-state index in [1.165, 1.54) is 19.3 Å². The molecule has 110 valence electrons. The minimum Gasteiger partial charge on any atom is -0.341 e. The van der Waals surface area contributed by atoms with Crippen molar-refractivity contribution < 1.29 is 4.79 Å². The first-order valence-corrected chi connectivity index (χ1v) is 7.70. The van der Waals surface area contributed by atoms with Crippen molar-refractivity contribution in [1.82, 2.24) is 15.2 Å². The lowest BCUT2D eigenvalue weighted by atomic mass is 10.0. The lowest BCUT2D eigenvalue weighted by molar-refractivity contribution is -0.131. The molecular formula is C16H25N3O. The number of hydrogen-bond donors (Lipinski definition) is 1. The second-order valence-corrected chi connectivity index (χ2v) is 5.48. The van der Waals surface area contributed by atoms with Crippen LogP contribution >= 0.6 is 0 Å². The Morgan fingerprint density at radius 2 is 2.35 bits per heavy atom. The standard InChI is InChI=1S/C16H25N3O/c1-2-11-19(13-15-8-4-6-10-18-15)16(20)12-14-7-3-5-9-17-14/h3,5,7,9,15,18H,2,4,6,8,10-13H2,1H3. The van der Waals surface area contributed by atoms with Gasteiger partial charge in [-0.3, -0.25) is 9.78 Å². The SMILES string of the molecule is CCCN(CC1CCCCN1)C(=O)Cc1ccccn1. The molecule has 1 atom stereocenters. The Labute approximate surface area is 121 Å². The smallest absolute Gasteiger partial charge is 0.228 e. The molecule has 1 aromatic heterocycles. The Hall–Kier alpha value is -1.42. The molecule has 1 amide bonds. The third-order valence-corrected chi connectivity index (χ3v) is 3.76. The third kappa shape index (κ3) is 4.60. The first-order valence-electron chi connectivity index (χ1n) is 7.70. The fraction of sp³-hybridized carbons (Fsp3) is 0.625. The van der Waals surface area contributed by atoms with E-state index in [9.17, 15) is 4.79 Å². The van der Waals surface area contributed by atoms with Gasteiger partial charge in [0.05, 0.1) is 6.42 Å². The van der Waals surface area contributed by atoms with Gasteiger partial charge in [0.25, 0.3) is 0 Å². The lowest BCUT2D eigenvalue weighted by Gasteiger charge is -2.30. The van der Waals surface area contributed by atoms with Gasteiger partial charge >= 0.3 is 0 Å². The summed E-state index contributed by atoms with van der Waals surface area (Å²) in [4.78, 5) is 18.7. The van der Waals surface area contributed by atoms with Crippen LogP contribution < -0.4 is 5.32 Å². The summed E-state index contributed by atoms with van der Waals surface area (Å²) in [6.45, 7) is 4.87. The van der Waals surface area contributed by atoms with E-state index in [0.717, 1.165) is 31.7 Å². The summed E-state index contributed by atoms with van der Waals surface area (Å²) in [6.07, 6.45) is 6.86. The molecule has 2 heterocycles. The molecule has 0 spiro atoms. The number of carbonyl (C=O) groups excluding carboxylic acids is 1. The van der Waals surface area contributed by atoms with Crippen LogP contribution in [0.2, 0.25) is 0 Å². The van der Waals surface area contributed by atoms with Crippen LogP contribution in [0.15, 0.2) is 24.4 Å². The molecule has 0 saturated carbocycles. The van der Waals surface area contributed by atoms with Crippen molar-refractivity contribution in [3.05, 3.63) is 30.1 Å². The van der Waals surface area contributed by atoms with Crippen LogP contribution in [0, 0.1) is 0 Å². The van der Waals surface area contributed by atoms with Gasteiger partial charge < -0.3 is 10.2 Å². The van der Waals surface area contributed by atoms with Gasteiger partial charge in [-0.15, -0.1) is 0 Å². The van der Waals surface area contributed by atoms with Crippen LogP contribution in [-0.4, -0.2) is 41.5 Å². The fourth-order valence-electron chi connectivity index (χ4n) is 2.70. The lowest BCUT2D eigenvalue weighted by Crippen LogP contribution is -2.46. The van der Waals surface area contributed by atoms with Crippen LogP contribution in [0.3, 0.4) is 0 Å². The average molecular weight is 275 g/mol. The molecule has 1 aliphatic heterocycles. The molecule has 1 fully saturated rings. The monoisotopic (exact) mass is 275 g/mol. The molecule has 0 aliphatic carbocycles. The third-order valence-electron chi connectivity index (χ3n) is 3.76. The van der Waals surface area contributed by atoms with E-state index in [1.807, 2.05) is 23.1 Å². The first-order chi connectivity index (χ1) is 9.79. The largest absolute Gasteiger partial charge is 0.341 e. The molecule has 20 heavy (non-hydrogen) atoms. The van der Waals surface area contributed by atoms with Crippen LogP contribution in [-0.2, 0) is 11.2 Å². The molecule has 0 radical (unpaired) electrons. The highest BCUT2D eigenvalue weighted by Crippen LogP contribution is 2.10. The van der Waals surface area contributed by atoms with Gasteiger partial charge in [0.2, 0.25) is 5.91 Å². The number of nitrogens with zero attached hydrogens (tertiary/aromatic N) is 2. The predicted molar refractivity (Wildman–Crippen MR) is 80.5 cm³/mol. The second kappa shape index (κ2) is 8.00. The zero-order valence-corrected chi connectivity index (χ0v) is 12.3. The molecule has 1 aromatic rings. The first kappa shape index (κ1) is 15.0. The molecule has 0 bridgehead atoms. The summed E-state index contributed by atoms with van der Waals surface area (Å²) in [6, 6.07) is 6.19. The Bertz CT molecular complexity index is 401. The quantitative estimate of drug-likeness (QED) is 0.863. The topological polar surface area (TPSA) is 45.2 Å². The Balaban J connectivity index is 1.90. The maximum absolute atomic E-state index is 12.4. The van der Waals surface area contributed by atoms with E-state index < -0.39 is 0 Å². The van der Waals surface area contributed by atoms with Crippen molar-refractivity contribution in [3.8, 4) is 0 Å². The molecule has 2 rings (SSSR count). The highest BCUT2D eigenvalue weighted by atomic mass is 16.2. The number of pyridine rings is 1. The number of amides is 1. The van der Waals surface area contributed by atoms with E-state index >= 15 is 0 Å². The van der Waals surface area contributed by atoms with Crippen molar-refractivity contribution in [2.45, 2.75) is 45.1 Å². The molecular weight excluding hydrogens is 250 g/mol. The predicted octanol–water partition coefficient (Wildman–Crippen LogP) is 2.00. The number of piperidine rings is 1. The van der Waals surface area contributed by atoms with Gasteiger partial charge in [-0.05, 0) is 37.9 Å². The van der Waals surface area contributed by atoms with Gasteiger partial charge in [-0.25, -0.2) is 0 Å². The number of hydrogen-bond acceptors (Lipinski definition) is 3. The summed E-state index contributed by atoms with van der Waals surface area (Å²) in [7, 11) is 0. The summed E-state index contributed by atoms with van der Waals surface area (Å²) in [5, 5.41) is 3.52. The summed E-state index contributed by atoms with van der Waals surface area (Å²) >= 11 is 0. The molecule has 1 aliphatic rings. The maximum Gasteiger partial charge on any atom is 0.228 e. The normalized spacial score (nSPS) is 18.8. The summed E-state index contributed by atoms with van der Waals surface area (Å²) in [5.41, 5.74) is 0.857. The van der Waals surface area contributed by atoms with Crippen LogP contribution in [0.25, 0.3) is 0 Å². The number of carbonyl (C=O) groups is 1. The number of rotatable bonds is 6. The molecule has 1 N–H and O–H groups in total. The number of aromatic nitrogens is 1. The van der Waals surface area contributed by atoms with Crippen LogP contribution in [0.5, 0.6) is 0 Å². The van der Waals surface area contributed by atoms with Crippen molar-refractivity contribution in [2.24, 2.45) is 0 Å². The maximum atomic E-state index is 12.4. The van der Waals surface area contributed by atoms with Crippen molar-refractivity contribution >= 4 is 5.91 Å². The van der Waals surface area contributed by atoms with Gasteiger partial charge in [0.1, 0.15) is 0 Å². The Morgan fingerprint density at radius 1 is 1.45 bits per heavy atom. The fourth-order valence-corrected chi connectivity index (χ4v) is 2.70. The molecule has 4 heteroatoms. The minimum atomic E-state index is 0.193. The Morgan fingerprint density at radius 3 is 3.00 bits per heavy atom. The van der Waals surface area contributed by atoms with Gasteiger partial charge in [-0.2, -0.15) is 0 Å². The minimum absolute atomic E-state index is 0.193. The molecule has 1 saturated heterocycles. The highest BCUT2D eigenvalue weighted by molar-refractivity contribution is 5.78. The van der Waals surface area contributed by atoms with E-state index in [2.05, 4.69) is 17.2 Å². The van der Waals surface area contributed by atoms with E-state index in [1.54, 1.807) is 6.20 Å². The molecule has 0 aromatic carbocycles. The molecule has 4 nitrogen and oxygen atoms in total. The van der Waals surface area contributed by atoms with Crippen LogP contribution in [0.1, 0.15) is 38.3 Å². The van der Waals surface area contributed by atoms with E-state index in [0.29, 0.717) is 12.5 Å². The van der Waals surface area contributed by atoms with Crippen molar-refractivity contribution in [1.29, 1.82) is 0 Å². The van der Waals surface area contributed by atoms with Gasteiger partial charge in [0, 0.05) is 31.0 Å². The van der Waals surface area contributed by atoms with E-state index in [-0.39, 0.29) is 5.91 Å². The van der Waals surface area contributed by atoms with Crippen molar-refractivity contribution in [3.63, 3.8) is 0 Å². The van der Waals surface area contributed by atoms with Gasteiger partial charge in [-0.1, -0.05) is 19.4 Å². The number of nitrogens with one attached hydrogen (secondary N) is 1. The zero-order chi connectivity index (χ0) is 14.2. The molecule has 1 unspecified atom stereocenters.